The van der Waals surface area contributed by atoms with Gasteiger partial charge in [0.15, 0.2) is 0 Å². The zero-order valence-electron chi connectivity index (χ0n) is 6.32. The van der Waals surface area contributed by atoms with E-state index in [4.69, 9.17) is 0 Å². The Morgan fingerprint density at radius 3 is 2.50 bits per heavy atom. The highest BCUT2D eigenvalue weighted by atomic mass is 79.9. The molecule has 0 aromatic rings. The molecule has 0 amide bonds. The first kappa shape index (κ1) is 9.05. The van der Waals surface area contributed by atoms with Crippen LogP contribution >= 0.6 is 31.9 Å². The van der Waals surface area contributed by atoms with Gasteiger partial charge in [-0.15, -0.1) is 0 Å². The molecule has 0 saturated heterocycles. The van der Waals surface area contributed by atoms with Crippen molar-refractivity contribution >= 4 is 31.9 Å². The van der Waals surface area contributed by atoms with E-state index in [-0.39, 0.29) is 0 Å². The molecule has 1 fully saturated rings. The zero-order chi connectivity index (χ0) is 7.56. The standard InChI is InChI=1S/C8H14Br2/c1-2-6-5-7(9)3-4-8(6)10/h6-8H,2-5H2,1H3. The van der Waals surface area contributed by atoms with Crippen molar-refractivity contribution in [2.45, 2.75) is 42.3 Å². The molecular formula is C8H14Br2. The van der Waals surface area contributed by atoms with Gasteiger partial charge < -0.3 is 0 Å². The van der Waals surface area contributed by atoms with Crippen LogP contribution in [0.25, 0.3) is 0 Å². The van der Waals surface area contributed by atoms with Crippen LogP contribution in [-0.2, 0) is 0 Å². The summed E-state index contributed by atoms with van der Waals surface area (Å²) in [6, 6.07) is 0. The number of rotatable bonds is 1. The Kier molecular flexibility index (Phi) is 3.71. The van der Waals surface area contributed by atoms with Crippen LogP contribution in [0, 0.1) is 5.92 Å². The molecule has 0 spiro atoms. The van der Waals surface area contributed by atoms with E-state index < -0.39 is 0 Å². The van der Waals surface area contributed by atoms with Crippen LogP contribution in [0.4, 0.5) is 0 Å². The van der Waals surface area contributed by atoms with Gasteiger partial charge in [-0.1, -0.05) is 45.2 Å². The molecule has 0 radical (unpaired) electrons. The molecule has 1 aliphatic carbocycles. The smallest absolute Gasteiger partial charge is 0.0174 e. The largest absolute Gasteiger partial charge is 0.0891 e. The Hall–Kier alpha value is 0.960. The lowest BCUT2D eigenvalue weighted by Gasteiger charge is -2.29. The van der Waals surface area contributed by atoms with Crippen molar-refractivity contribution < 1.29 is 0 Å². The molecule has 0 aromatic carbocycles. The quantitative estimate of drug-likeness (QED) is 0.637. The minimum atomic E-state index is 0.784. The number of hydrogen-bond acceptors (Lipinski definition) is 0. The topological polar surface area (TPSA) is 0 Å². The van der Waals surface area contributed by atoms with Crippen LogP contribution in [0.2, 0.25) is 0 Å². The van der Waals surface area contributed by atoms with Gasteiger partial charge in [-0.3, -0.25) is 0 Å². The zero-order valence-corrected chi connectivity index (χ0v) is 9.49. The van der Waals surface area contributed by atoms with Gasteiger partial charge in [0.05, 0.1) is 0 Å². The van der Waals surface area contributed by atoms with Crippen LogP contribution in [0.15, 0.2) is 0 Å². The van der Waals surface area contributed by atoms with Crippen LogP contribution in [-0.4, -0.2) is 9.65 Å². The normalized spacial score (nSPS) is 41.7. The SMILES string of the molecule is CCC1CC(Br)CCC1Br. The molecule has 0 aliphatic heterocycles. The first-order chi connectivity index (χ1) is 4.74. The van der Waals surface area contributed by atoms with Gasteiger partial charge in [-0.2, -0.15) is 0 Å². The van der Waals surface area contributed by atoms with E-state index in [9.17, 15) is 0 Å². The van der Waals surface area contributed by atoms with Crippen LogP contribution < -0.4 is 0 Å². The van der Waals surface area contributed by atoms with Crippen molar-refractivity contribution in [3.63, 3.8) is 0 Å². The van der Waals surface area contributed by atoms with Crippen molar-refractivity contribution in [1.29, 1.82) is 0 Å². The fourth-order valence-corrected chi connectivity index (χ4v) is 3.19. The second-order valence-corrected chi connectivity index (χ2v) is 5.57. The molecule has 3 atom stereocenters. The minimum Gasteiger partial charge on any atom is -0.0891 e. The Labute approximate surface area is 80.0 Å². The lowest BCUT2D eigenvalue weighted by atomic mass is 9.87. The summed E-state index contributed by atoms with van der Waals surface area (Å²) in [5, 5.41) is 0. The van der Waals surface area contributed by atoms with Gasteiger partial charge in [0.25, 0.3) is 0 Å². The van der Waals surface area contributed by atoms with Gasteiger partial charge in [-0.05, 0) is 25.2 Å². The highest BCUT2D eigenvalue weighted by Crippen LogP contribution is 2.35. The molecule has 60 valence electrons. The third-order valence-electron chi connectivity index (χ3n) is 2.35. The maximum Gasteiger partial charge on any atom is 0.0174 e. The first-order valence-corrected chi connectivity index (χ1v) is 5.85. The monoisotopic (exact) mass is 268 g/mol. The van der Waals surface area contributed by atoms with Crippen molar-refractivity contribution in [2.75, 3.05) is 0 Å². The summed E-state index contributed by atoms with van der Waals surface area (Å²) in [5.41, 5.74) is 0. The van der Waals surface area contributed by atoms with Gasteiger partial charge >= 0.3 is 0 Å². The highest BCUT2D eigenvalue weighted by Gasteiger charge is 2.25. The van der Waals surface area contributed by atoms with E-state index in [0.29, 0.717) is 0 Å². The van der Waals surface area contributed by atoms with Gasteiger partial charge in [0.2, 0.25) is 0 Å². The molecule has 0 bridgehead atoms. The van der Waals surface area contributed by atoms with Crippen LogP contribution in [0.3, 0.4) is 0 Å². The molecule has 1 rings (SSSR count). The summed E-state index contributed by atoms with van der Waals surface area (Å²) in [4.78, 5) is 1.57. The van der Waals surface area contributed by atoms with Crippen LogP contribution in [0.5, 0.6) is 0 Å². The molecular weight excluding hydrogens is 256 g/mol. The average molecular weight is 270 g/mol. The molecule has 0 N–H and O–H groups in total. The lowest BCUT2D eigenvalue weighted by molar-refractivity contribution is 0.377. The Morgan fingerprint density at radius 2 is 2.00 bits per heavy atom. The summed E-state index contributed by atoms with van der Waals surface area (Å²) >= 11 is 7.40. The van der Waals surface area contributed by atoms with Crippen molar-refractivity contribution in [2.24, 2.45) is 5.92 Å². The Balaban J connectivity index is 2.38. The fraction of sp³-hybridized carbons (Fsp3) is 1.00. The lowest BCUT2D eigenvalue weighted by Crippen LogP contribution is -2.24. The molecule has 0 nitrogen and oxygen atoms in total. The van der Waals surface area contributed by atoms with Crippen molar-refractivity contribution in [3.8, 4) is 0 Å². The summed E-state index contributed by atoms with van der Waals surface area (Å²) < 4.78 is 0. The van der Waals surface area contributed by atoms with E-state index in [1.165, 1.54) is 25.7 Å². The van der Waals surface area contributed by atoms with E-state index in [1.807, 2.05) is 0 Å². The predicted molar refractivity (Wildman–Crippen MR) is 53.1 cm³/mol. The number of halogens is 2. The van der Waals surface area contributed by atoms with E-state index in [2.05, 4.69) is 38.8 Å². The molecule has 0 heterocycles. The van der Waals surface area contributed by atoms with Gasteiger partial charge in [-0.25, -0.2) is 0 Å². The fourth-order valence-electron chi connectivity index (χ4n) is 1.59. The minimum absolute atomic E-state index is 0.784. The third kappa shape index (κ3) is 2.23. The second kappa shape index (κ2) is 4.10. The third-order valence-corrected chi connectivity index (χ3v) is 4.39. The second-order valence-electron chi connectivity index (χ2n) is 3.09. The molecule has 1 aliphatic rings. The van der Waals surface area contributed by atoms with Gasteiger partial charge in [0.1, 0.15) is 0 Å². The summed E-state index contributed by atoms with van der Waals surface area (Å²) in [7, 11) is 0. The molecule has 1 saturated carbocycles. The number of alkyl halides is 2. The summed E-state index contributed by atoms with van der Waals surface area (Å²) in [6.45, 7) is 2.28. The summed E-state index contributed by atoms with van der Waals surface area (Å²) in [6.07, 6.45) is 5.35. The van der Waals surface area contributed by atoms with Crippen molar-refractivity contribution in [1.82, 2.24) is 0 Å². The predicted octanol–water partition coefficient (Wildman–Crippen LogP) is 3.72. The first-order valence-electron chi connectivity index (χ1n) is 4.02. The highest BCUT2D eigenvalue weighted by molar-refractivity contribution is 9.10. The van der Waals surface area contributed by atoms with Crippen LogP contribution in [0.1, 0.15) is 32.6 Å². The van der Waals surface area contributed by atoms with E-state index >= 15 is 0 Å². The average Bonchev–Trinajstić information content (AvgIpc) is 1.94. The maximum atomic E-state index is 3.72. The number of hydrogen-bond donors (Lipinski definition) is 0. The van der Waals surface area contributed by atoms with E-state index in [0.717, 1.165) is 15.6 Å². The molecule has 10 heavy (non-hydrogen) atoms. The maximum absolute atomic E-state index is 3.72. The molecule has 2 heteroatoms. The Morgan fingerprint density at radius 1 is 1.30 bits per heavy atom. The van der Waals surface area contributed by atoms with Crippen molar-refractivity contribution in [3.05, 3.63) is 0 Å². The summed E-state index contributed by atoms with van der Waals surface area (Å²) in [5.74, 6) is 0.901. The van der Waals surface area contributed by atoms with Gasteiger partial charge in [0, 0.05) is 9.65 Å². The molecule has 0 aromatic heterocycles. The molecule has 3 unspecified atom stereocenters. The Bertz CT molecular complexity index is 103. The van der Waals surface area contributed by atoms with E-state index in [1.54, 1.807) is 0 Å².